The highest BCUT2D eigenvalue weighted by Gasteiger charge is 2.22. The van der Waals surface area contributed by atoms with Gasteiger partial charge in [0.2, 0.25) is 0 Å². The predicted molar refractivity (Wildman–Crippen MR) is 85.1 cm³/mol. The van der Waals surface area contributed by atoms with Crippen molar-refractivity contribution < 1.29 is 9.84 Å². The first kappa shape index (κ1) is 15.9. The number of nitrogens with one attached hydrogen (secondary N) is 1. The molecule has 3 heteroatoms. The molecule has 1 aliphatic rings. The zero-order chi connectivity index (χ0) is 14.9. The monoisotopic (exact) mass is 287 g/mol. The number of benzene rings is 1. The zero-order valence-corrected chi connectivity index (χ0v) is 12.6. The number of aliphatic hydroxyl groups is 1. The Labute approximate surface area is 127 Å². The fraction of sp³-hybridized carbons (Fsp3) is 0.556. The molecule has 1 aliphatic carbocycles. The highest BCUT2D eigenvalue weighted by atomic mass is 16.5. The van der Waals surface area contributed by atoms with Crippen LogP contribution in [0.4, 0.5) is 0 Å². The largest absolute Gasteiger partial charge is 0.493 e. The van der Waals surface area contributed by atoms with Crippen molar-refractivity contribution in [2.75, 3.05) is 13.2 Å². The maximum absolute atomic E-state index is 10.1. The van der Waals surface area contributed by atoms with Crippen molar-refractivity contribution in [3.05, 3.63) is 29.8 Å². The molecule has 0 heterocycles. The molecule has 2 N–H and O–H groups in total. The van der Waals surface area contributed by atoms with Gasteiger partial charge < -0.3 is 15.2 Å². The summed E-state index contributed by atoms with van der Waals surface area (Å²) in [6.07, 6.45) is 10.5. The lowest BCUT2D eigenvalue weighted by Gasteiger charge is -2.18. The van der Waals surface area contributed by atoms with Gasteiger partial charge in [0.25, 0.3) is 0 Å². The van der Waals surface area contributed by atoms with E-state index in [9.17, 15) is 5.11 Å². The fourth-order valence-corrected chi connectivity index (χ4v) is 2.80. The summed E-state index contributed by atoms with van der Waals surface area (Å²) in [5.41, 5.74) is 1.19. The first-order valence-corrected chi connectivity index (χ1v) is 7.83. The number of aliphatic hydroxyl groups excluding tert-OH is 1. The van der Waals surface area contributed by atoms with Gasteiger partial charge in [-0.2, -0.15) is 0 Å². The van der Waals surface area contributed by atoms with Crippen LogP contribution < -0.4 is 10.1 Å². The molecular weight excluding hydrogens is 262 g/mol. The average Bonchev–Trinajstić information content (AvgIpc) is 3.03. The molecule has 2 rings (SSSR count). The lowest BCUT2D eigenvalue weighted by atomic mass is 10.0. The van der Waals surface area contributed by atoms with Gasteiger partial charge in [0.15, 0.2) is 0 Å². The number of hydrogen-bond acceptors (Lipinski definition) is 3. The maximum atomic E-state index is 10.1. The smallest absolute Gasteiger partial charge is 0.119 e. The minimum atomic E-state index is -0.209. The second kappa shape index (κ2) is 8.71. The van der Waals surface area contributed by atoms with E-state index in [4.69, 9.17) is 11.2 Å². The standard InChI is InChI=1S/C18H25NO2/c1-2-3-12-21-17-10-8-15(9-11-17)13-19-14-18(20)16-6-4-5-7-16/h1,8-11,16,18-20H,3-7,12-14H2. The Balaban J connectivity index is 1.67. The van der Waals surface area contributed by atoms with E-state index in [0.29, 0.717) is 25.5 Å². The Kier molecular flexibility index (Phi) is 6.59. The summed E-state index contributed by atoms with van der Waals surface area (Å²) in [4.78, 5) is 0. The van der Waals surface area contributed by atoms with Crippen molar-refractivity contribution in [1.29, 1.82) is 0 Å². The number of hydrogen-bond donors (Lipinski definition) is 2. The second-order valence-electron chi connectivity index (χ2n) is 5.69. The Hall–Kier alpha value is -1.50. The highest BCUT2D eigenvalue weighted by Crippen LogP contribution is 2.27. The van der Waals surface area contributed by atoms with Crippen LogP contribution in [0.15, 0.2) is 24.3 Å². The summed E-state index contributed by atoms with van der Waals surface area (Å²) >= 11 is 0. The molecule has 1 unspecified atom stereocenters. The van der Waals surface area contributed by atoms with Crippen LogP contribution in [0.2, 0.25) is 0 Å². The summed E-state index contributed by atoms with van der Waals surface area (Å²) in [5, 5.41) is 13.4. The normalized spacial score (nSPS) is 16.6. The van der Waals surface area contributed by atoms with Gasteiger partial charge in [-0.15, -0.1) is 12.3 Å². The number of terminal acetylenes is 1. The number of rotatable bonds is 8. The van der Waals surface area contributed by atoms with Crippen LogP contribution in [0.3, 0.4) is 0 Å². The molecule has 1 saturated carbocycles. The fourth-order valence-electron chi connectivity index (χ4n) is 2.80. The molecule has 0 radical (unpaired) electrons. The van der Waals surface area contributed by atoms with Crippen LogP contribution in [0, 0.1) is 18.3 Å². The molecule has 0 spiro atoms. The minimum Gasteiger partial charge on any atom is -0.493 e. The van der Waals surface area contributed by atoms with Crippen LogP contribution in [0.25, 0.3) is 0 Å². The van der Waals surface area contributed by atoms with Crippen molar-refractivity contribution in [3.8, 4) is 18.1 Å². The Morgan fingerprint density at radius 1 is 1.29 bits per heavy atom. The molecule has 114 valence electrons. The van der Waals surface area contributed by atoms with E-state index in [1.54, 1.807) is 0 Å². The summed E-state index contributed by atoms with van der Waals surface area (Å²) in [7, 11) is 0. The summed E-state index contributed by atoms with van der Waals surface area (Å²) in [6, 6.07) is 8.00. The minimum absolute atomic E-state index is 0.209. The van der Waals surface area contributed by atoms with Crippen LogP contribution in [-0.2, 0) is 6.54 Å². The molecule has 1 aromatic carbocycles. The third-order valence-electron chi connectivity index (χ3n) is 4.07. The summed E-state index contributed by atoms with van der Waals surface area (Å²) in [5.74, 6) is 3.89. The molecular formula is C18H25NO2. The van der Waals surface area contributed by atoms with E-state index >= 15 is 0 Å². The lowest BCUT2D eigenvalue weighted by molar-refractivity contribution is 0.109. The zero-order valence-electron chi connectivity index (χ0n) is 12.6. The average molecular weight is 287 g/mol. The first-order valence-electron chi connectivity index (χ1n) is 7.83. The first-order chi connectivity index (χ1) is 10.3. The molecule has 1 fully saturated rings. The third kappa shape index (κ3) is 5.41. The SMILES string of the molecule is C#CCCOc1ccc(CNCC(O)C2CCCC2)cc1. The van der Waals surface area contributed by atoms with Crippen LogP contribution in [-0.4, -0.2) is 24.4 Å². The Morgan fingerprint density at radius 2 is 2.00 bits per heavy atom. The van der Waals surface area contributed by atoms with Gasteiger partial charge in [-0.1, -0.05) is 25.0 Å². The summed E-state index contributed by atoms with van der Waals surface area (Å²) < 4.78 is 5.51. The van der Waals surface area contributed by atoms with Crippen molar-refractivity contribution in [2.24, 2.45) is 5.92 Å². The van der Waals surface area contributed by atoms with E-state index in [1.165, 1.54) is 31.2 Å². The Morgan fingerprint density at radius 3 is 2.67 bits per heavy atom. The van der Waals surface area contributed by atoms with Gasteiger partial charge in [-0.05, 0) is 36.5 Å². The van der Waals surface area contributed by atoms with E-state index in [1.807, 2.05) is 24.3 Å². The molecule has 1 aromatic rings. The van der Waals surface area contributed by atoms with Crippen LogP contribution in [0.5, 0.6) is 5.75 Å². The van der Waals surface area contributed by atoms with E-state index in [2.05, 4.69) is 11.2 Å². The predicted octanol–water partition coefficient (Wildman–Crippen LogP) is 2.73. The van der Waals surface area contributed by atoms with Crippen molar-refractivity contribution in [2.45, 2.75) is 44.8 Å². The second-order valence-corrected chi connectivity index (χ2v) is 5.69. The third-order valence-corrected chi connectivity index (χ3v) is 4.07. The van der Waals surface area contributed by atoms with Gasteiger partial charge in [0, 0.05) is 19.5 Å². The number of ether oxygens (including phenoxy) is 1. The molecule has 0 aromatic heterocycles. The van der Waals surface area contributed by atoms with Gasteiger partial charge in [0.1, 0.15) is 5.75 Å². The molecule has 21 heavy (non-hydrogen) atoms. The maximum Gasteiger partial charge on any atom is 0.119 e. The lowest BCUT2D eigenvalue weighted by Crippen LogP contribution is -2.31. The van der Waals surface area contributed by atoms with Crippen molar-refractivity contribution >= 4 is 0 Å². The summed E-state index contributed by atoms with van der Waals surface area (Å²) in [6.45, 7) is 2.00. The van der Waals surface area contributed by atoms with Gasteiger partial charge in [-0.25, -0.2) is 0 Å². The van der Waals surface area contributed by atoms with E-state index < -0.39 is 0 Å². The molecule has 1 atom stereocenters. The topological polar surface area (TPSA) is 41.5 Å². The molecule has 0 saturated heterocycles. The highest BCUT2D eigenvalue weighted by molar-refractivity contribution is 5.27. The van der Waals surface area contributed by atoms with Gasteiger partial charge >= 0.3 is 0 Å². The quantitative estimate of drug-likeness (QED) is 0.570. The van der Waals surface area contributed by atoms with Crippen molar-refractivity contribution in [1.82, 2.24) is 5.32 Å². The molecule has 0 bridgehead atoms. The van der Waals surface area contributed by atoms with Crippen LogP contribution in [0.1, 0.15) is 37.7 Å². The molecule has 0 amide bonds. The van der Waals surface area contributed by atoms with Crippen LogP contribution >= 0.6 is 0 Å². The Bertz CT molecular complexity index is 443. The van der Waals surface area contributed by atoms with Gasteiger partial charge in [0.05, 0.1) is 12.7 Å². The van der Waals surface area contributed by atoms with Crippen molar-refractivity contribution in [3.63, 3.8) is 0 Å². The van der Waals surface area contributed by atoms with Gasteiger partial charge in [-0.3, -0.25) is 0 Å². The van der Waals surface area contributed by atoms with E-state index in [-0.39, 0.29) is 6.10 Å². The van der Waals surface area contributed by atoms with E-state index in [0.717, 1.165) is 12.3 Å². The molecule has 0 aliphatic heterocycles. The molecule has 3 nitrogen and oxygen atoms in total.